The molecule has 10 heteroatoms. The van der Waals surface area contributed by atoms with Crippen LogP contribution in [0, 0.1) is 5.82 Å². The molecule has 0 aromatic carbocycles. The average Bonchev–Trinajstić information content (AvgIpc) is 3.38. The van der Waals surface area contributed by atoms with Gasteiger partial charge < -0.3 is 29.8 Å². The molecule has 0 bridgehead atoms. The monoisotopic (exact) mass is 419 g/mol. The van der Waals surface area contributed by atoms with Gasteiger partial charge >= 0.3 is 0 Å². The van der Waals surface area contributed by atoms with Crippen molar-refractivity contribution in [1.29, 1.82) is 0 Å². The third kappa shape index (κ3) is 4.67. The summed E-state index contributed by atoms with van der Waals surface area (Å²) < 4.78 is 27.3. The number of imidazole rings is 1. The maximum absolute atomic E-state index is 13.6. The molecular weight excluding hydrogens is 393 g/mol. The fourth-order valence-electron chi connectivity index (χ4n) is 3.93. The number of ether oxygens (including phenoxy) is 2. The van der Waals surface area contributed by atoms with Crippen LogP contribution in [0.2, 0.25) is 0 Å². The summed E-state index contributed by atoms with van der Waals surface area (Å²) in [6.07, 6.45) is 4.71. The molecule has 0 spiro atoms. The number of halogens is 1. The number of hydrogen-bond acceptors (Lipinski definition) is 7. The molecule has 4 rings (SSSR count). The summed E-state index contributed by atoms with van der Waals surface area (Å²) in [4.78, 5) is 20.1. The summed E-state index contributed by atoms with van der Waals surface area (Å²) in [6.45, 7) is 1.04. The molecule has 1 amide bonds. The van der Waals surface area contributed by atoms with Crippen molar-refractivity contribution in [2.24, 2.45) is 7.05 Å². The number of rotatable bonds is 8. The Balaban J connectivity index is 1.19. The molecule has 2 fully saturated rings. The fourth-order valence-corrected chi connectivity index (χ4v) is 3.93. The first-order valence-electron chi connectivity index (χ1n) is 10.0. The second-order valence-corrected chi connectivity index (χ2v) is 7.70. The minimum Gasteiger partial charge on any atom is -0.388 e. The smallest absolute Gasteiger partial charge is 0.222 e. The van der Waals surface area contributed by atoms with Gasteiger partial charge in [-0.05, 0) is 6.07 Å². The molecule has 3 N–H and O–H groups in total. The van der Waals surface area contributed by atoms with Gasteiger partial charge in [0.05, 0.1) is 37.5 Å². The van der Waals surface area contributed by atoms with Gasteiger partial charge in [-0.3, -0.25) is 9.78 Å². The molecule has 5 atom stereocenters. The largest absolute Gasteiger partial charge is 0.388 e. The predicted octanol–water partition coefficient (Wildman–Crippen LogP) is 0.0361. The highest BCUT2D eigenvalue weighted by atomic mass is 19.1. The molecule has 0 radical (unpaired) electrons. The van der Waals surface area contributed by atoms with Crippen LogP contribution in [0.15, 0.2) is 30.9 Å². The van der Waals surface area contributed by atoms with Crippen LogP contribution in [-0.2, 0) is 34.4 Å². The highest BCUT2D eigenvalue weighted by Crippen LogP contribution is 2.35. The van der Waals surface area contributed by atoms with Crippen LogP contribution in [0.1, 0.15) is 24.2 Å². The van der Waals surface area contributed by atoms with Crippen molar-refractivity contribution in [3.05, 3.63) is 48.1 Å². The fraction of sp³-hybridized carbons (Fsp3) is 0.550. The maximum atomic E-state index is 13.6. The first-order valence-corrected chi connectivity index (χ1v) is 10.0. The lowest BCUT2D eigenvalue weighted by atomic mass is 10.1. The van der Waals surface area contributed by atoms with E-state index in [2.05, 4.69) is 20.6 Å². The van der Waals surface area contributed by atoms with Crippen LogP contribution in [0.4, 0.5) is 4.39 Å². The van der Waals surface area contributed by atoms with Crippen molar-refractivity contribution in [3.63, 3.8) is 0 Å². The molecule has 162 valence electrons. The molecular formula is C20H26FN5O4. The molecule has 2 aliphatic rings. The highest BCUT2D eigenvalue weighted by Gasteiger charge is 2.50. The van der Waals surface area contributed by atoms with Crippen LogP contribution in [-0.4, -0.2) is 62.6 Å². The van der Waals surface area contributed by atoms with Crippen LogP contribution >= 0.6 is 0 Å². The van der Waals surface area contributed by atoms with Gasteiger partial charge in [-0.25, -0.2) is 9.37 Å². The van der Waals surface area contributed by atoms with Gasteiger partial charge in [0.15, 0.2) is 0 Å². The van der Waals surface area contributed by atoms with Crippen molar-refractivity contribution in [3.8, 4) is 0 Å². The molecule has 2 saturated heterocycles. The lowest BCUT2D eigenvalue weighted by Crippen LogP contribution is -2.39. The lowest BCUT2D eigenvalue weighted by molar-refractivity contribution is -0.125. The zero-order valence-corrected chi connectivity index (χ0v) is 16.7. The number of aromatic nitrogens is 3. The number of amides is 1. The second kappa shape index (κ2) is 9.17. The summed E-state index contributed by atoms with van der Waals surface area (Å²) in [5, 5.41) is 16.5. The van der Waals surface area contributed by atoms with E-state index in [0.29, 0.717) is 31.6 Å². The predicted molar refractivity (Wildman–Crippen MR) is 104 cm³/mol. The first kappa shape index (κ1) is 20.9. The SMILES string of the molecule is Cn1ccnc1CNC(=O)C[C@@H]1C[C@H]2O[C@H](CNCc3ccncc3F)[C@@H](O)[C@H]2O1. The van der Waals surface area contributed by atoms with E-state index in [0.717, 1.165) is 5.82 Å². The molecule has 9 nitrogen and oxygen atoms in total. The lowest BCUT2D eigenvalue weighted by Gasteiger charge is -2.20. The van der Waals surface area contributed by atoms with E-state index in [1.54, 1.807) is 12.3 Å². The van der Waals surface area contributed by atoms with E-state index in [1.165, 1.54) is 12.4 Å². The molecule has 2 aliphatic heterocycles. The van der Waals surface area contributed by atoms with Crippen LogP contribution in [0.5, 0.6) is 0 Å². The molecule has 0 unspecified atom stereocenters. The van der Waals surface area contributed by atoms with E-state index in [-0.39, 0.29) is 30.4 Å². The molecule has 0 aliphatic carbocycles. The molecule has 2 aromatic rings. The standard InChI is InChI=1S/C20H26FN5O4/c1-26-5-4-24-17(26)11-25-18(27)7-13-6-15-20(29-13)19(28)16(30-15)10-23-8-12-2-3-22-9-14(12)21/h2-5,9,13,15-16,19-20,23,28H,6-8,10-11H2,1H3,(H,25,27)/t13-,15+,16+,19+,20-/m0/s1. The van der Waals surface area contributed by atoms with Crippen molar-refractivity contribution < 1.29 is 23.8 Å². The average molecular weight is 419 g/mol. The normalized spacial score (nSPS) is 27.9. The van der Waals surface area contributed by atoms with E-state index < -0.39 is 18.3 Å². The van der Waals surface area contributed by atoms with Crippen LogP contribution < -0.4 is 10.6 Å². The zero-order chi connectivity index (χ0) is 21.1. The third-order valence-electron chi connectivity index (χ3n) is 5.57. The Labute approximate surface area is 173 Å². The number of carbonyl (C=O) groups is 1. The van der Waals surface area contributed by atoms with Gasteiger partial charge in [0.2, 0.25) is 5.91 Å². The summed E-state index contributed by atoms with van der Waals surface area (Å²) in [5.74, 6) is 0.269. The summed E-state index contributed by atoms with van der Waals surface area (Å²) in [7, 11) is 1.87. The Morgan fingerprint density at radius 2 is 2.23 bits per heavy atom. The number of pyridine rings is 1. The topological polar surface area (TPSA) is 111 Å². The number of nitrogens with one attached hydrogen (secondary N) is 2. The Bertz CT molecular complexity index is 878. The van der Waals surface area contributed by atoms with E-state index in [1.807, 2.05) is 17.8 Å². The van der Waals surface area contributed by atoms with Crippen LogP contribution in [0.25, 0.3) is 0 Å². The Morgan fingerprint density at radius 1 is 1.37 bits per heavy atom. The van der Waals surface area contributed by atoms with Crippen LogP contribution in [0.3, 0.4) is 0 Å². The van der Waals surface area contributed by atoms with Gasteiger partial charge in [-0.1, -0.05) is 0 Å². The third-order valence-corrected chi connectivity index (χ3v) is 5.57. The van der Waals surface area contributed by atoms with E-state index >= 15 is 0 Å². The zero-order valence-electron chi connectivity index (χ0n) is 16.7. The number of fused-ring (bicyclic) bond motifs is 1. The summed E-state index contributed by atoms with van der Waals surface area (Å²) in [6, 6.07) is 1.61. The van der Waals surface area contributed by atoms with Gasteiger partial charge in [0.1, 0.15) is 23.8 Å². The number of aryl methyl sites for hydroxylation is 1. The highest BCUT2D eigenvalue weighted by molar-refractivity contribution is 5.76. The summed E-state index contributed by atoms with van der Waals surface area (Å²) >= 11 is 0. The van der Waals surface area contributed by atoms with Gasteiger partial charge in [-0.2, -0.15) is 0 Å². The van der Waals surface area contributed by atoms with E-state index in [4.69, 9.17) is 9.47 Å². The molecule has 2 aromatic heterocycles. The Hall–Kier alpha value is -2.40. The van der Waals surface area contributed by atoms with Crippen molar-refractivity contribution in [2.45, 2.75) is 56.5 Å². The number of aliphatic hydroxyl groups is 1. The quantitative estimate of drug-likeness (QED) is 0.554. The van der Waals surface area contributed by atoms with Gasteiger partial charge in [-0.15, -0.1) is 0 Å². The number of nitrogens with zero attached hydrogens (tertiary/aromatic N) is 3. The van der Waals surface area contributed by atoms with Crippen molar-refractivity contribution in [2.75, 3.05) is 6.54 Å². The van der Waals surface area contributed by atoms with Crippen molar-refractivity contribution >= 4 is 5.91 Å². The molecule has 0 saturated carbocycles. The summed E-state index contributed by atoms with van der Waals surface area (Å²) in [5.41, 5.74) is 0.505. The minimum atomic E-state index is -0.801. The van der Waals surface area contributed by atoms with Crippen molar-refractivity contribution in [1.82, 2.24) is 25.2 Å². The number of hydrogen-bond donors (Lipinski definition) is 3. The Kier molecular flexibility index (Phi) is 6.38. The maximum Gasteiger partial charge on any atom is 0.222 e. The molecule has 4 heterocycles. The van der Waals surface area contributed by atoms with Gasteiger partial charge in [0, 0.05) is 50.7 Å². The second-order valence-electron chi connectivity index (χ2n) is 7.70. The number of aliphatic hydroxyl groups excluding tert-OH is 1. The number of carbonyl (C=O) groups excluding carboxylic acids is 1. The minimum absolute atomic E-state index is 0.130. The molecule has 30 heavy (non-hydrogen) atoms. The first-order chi connectivity index (χ1) is 14.5. The Morgan fingerprint density at radius 3 is 2.97 bits per heavy atom. The van der Waals surface area contributed by atoms with Gasteiger partial charge in [0.25, 0.3) is 0 Å². The van der Waals surface area contributed by atoms with E-state index in [9.17, 15) is 14.3 Å².